The topological polar surface area (TPSA) is 68.0 Å². The number of carbonyl (C=O) groups excluding carboxylic acids is 1. The van der Waals surface area contributed by atoms with E-state index in [0.717, 1.165) is 23.2 Å². The van der Waals surface area contributed by atoms with E-state index in [9.17, 15) is 4.79 Å². The highest BCUT2D eigenvalue weighted by Gasteiger charge is 2.09. The first-order chi connectivity index (χ1) is 13.3. The fourth-order valence-electron chi connectivity index (χ4n) is 2.68. The molecule has 0 radical (unpaired) electrons. The van der Waals surface area contributed by atoms with Gasteiger partial charge in [-0.1, -0.05) is 36.0 Å². The molecule has 27 heavy (non-hydrogen) atoms. The summed E-state index contributed by atoms with van der Waals surface area (Å²) in [4.78, 5) is 20.5. The Morgan fingerprint density at radius 3 is 2.48 bits per heavy atom. The fraction of sp³-hybridized carbons (Fsp3) is 0.0952. The molecule has 0 aliphatic heterocycles. The molecular weight excluding hydrogens is 358 g/mol. The quantitative estimate of drug-likeness (QED) is 0.501. The molecule has 4 aromatic rings. The van der Waals surface area contributed by atoms with Gasteiger partial charge in [-0.25, -0.2) is 4.98 Å². The zero-order valence-electron chi connectivity index (χ0n) is 14.5. The van der Waals surface area contributed by atoms with Crippen LogP contribution in [0.2, 0.25) is 0 Å². The average Bonchev–Trinajstić information content (AvgIpc) is 3.12. The van der Waals surface area contributed by atoms with Crippen LogP contribution in [0.3, 0.4) is 0 Å². The molecule has 0 saturated carbocycles. The van der Waals surface area contributed by atoms with Crippen molar-refractivity contribution in [2.45, 2.75) is 11.6 Å². The lowest BCUT2D eigenvalue weighted by molar-refractivity contribution is -0.113. The van der Waals surface area contributed by atoms with Crippen molar-refractivity contribution in [2.24, 2.45) is 0 Å². The van der Waals surface area contributed by atoms with Crippen molar-refractivity contribution in [1.82, 2.24) is 9.97 Å². The molecule has 0 bridgehead atoms. The molecule has 0 saturated heterocycles. The highest BCUT2D eigenvalue weighted by Crippen LogP contribution is 2.23. The summed E-state index contributed by atoms with van der Waals surface area (Å²) in [6, 6.07) is 19.4. The van der Waals surface area contributed by atoms with Gasteiger partial charge in [-0.15, -0.1) is 0 Å². The molecule has 0 unspecified atom stereocenters. The minimum atomic E-state index is -0.0934. The van der Waals surface area contributed by atoms with Crippen LogP contribution in [0.15, 0.2) is 82.7 Å². The number of rotatable bonds is 6. The SMILES string of the molecule is O=C(CSc1nc2ccccc2o1)Nc1ccc(Cc2ccncc2)cc1. The molecule has 1 amide bonds. The lowest BCUT2D eigenvalue weighted by atomic mass is 10.1. The predicted molar refractivity (Wildman–Crippen MR) is 107 cm³/mol. The lowest BCUT2D eigenvalue weighted by Gasteiger charge is -2.06. The van der Waals surface area contributed by atoms with Crippen molar-refractivity contribution in [1.29, 1.82) is 0 Å². The maximum absolute atomic E-state index is 12.2. The molecule has 1 N–H and O–H groups in total. The second-order valence-corrected chi connectivity index (χ2v) is 6.94. The number of anilines is 1. The molecular formula is C21H17N3O2S. The van der Waals surface area contributed by atoms with Gasteiger partial charge >= 0.3 is 0 Å². The summed E-state index contributed by atoms with van der Waals surface area (Å²) in [5.74, 6) is 0.148. The first-order valence-electron chi connectivity index (χ1n) is 8.52. The lowest BCUT2D eigenvalue weighted by Crippen LogP contribution is -2.13. The van der Waals surface area contributed by atoms with Gasteiger partial charge in [0.05, 0.1) is 5.75 Å². The Bertz CT molecular complexity index is 1010. The van der Waals surface area contributed by atoms with Crippen molar-refractivity contribution in [3.8, 4) is 0 Å². The smallest absolute Gasteiger partial charge is 0.257 e. The Morgan fingerprint density at radius 2 is 1.70 bits per heavy atom. The van der Waals surface area contributed by atoms with Gasteiger partial charge < -0.3 is 9.73 Å². The van der Waals surface area contributed by atoms with Gasteiger partial charge in [0, 0.05) is 18.1 Å². The normalized spacial score (nSPS) is 10.8. The minimum absolute atomic E-state index is 0.0934. The van der Waals surface area contributed by atoms with Gasteiger partial charge in [0.1, 0.15) is 5.52 Å². The number of hydrogen-bond donors (Lipinski definition) is 1. The molecule has 134 valence electrons. The zero-order valence-corrected chi connectivity index (χ0v) is 15.3. The monoisotopic (exact) mass is 375 g/mol. The van der Waals surface area contributed by atoms with Gasteiger partial charge in [0.15, 0.2) is 5.58 Å². The summed E-state index contributed by atoms with van der Waals surface area (Å²) in [5.41, 5.74) is 4.68. The Labute approximate surface area is 160 Å². The number of para-hydroxylation sites is 2. The van der Waals surface area contributed by atoms with Crippen molar-refractivity contribution in [3.05, 3.63) is 84.2 Å². The summed E-state index contributed by atoms with van der Waals surface area (Å²) < 4.78 is 5.61. The van der Waals surface area contributed by atoms with E-state index in [1.54, 1.807) is 12.4 Å². The van der Waals surface area contributed by atoms with Gasteiger partial charge in [-0.3, -0.25) is 9.78 Å². The van der Waals surface area contributed by atoms with Gasteiger partial charge in [-0.2, -0.15) is 0 Å². The maximum atomic E-state index is 12.2. The third-order valence-electron chi connectivity index (χ3n) is 4.00. The molecule has 2 aromatic carbocycles. The number of nitrogens with zero attached hydrogens (tertiary/aromatic N) is 2. The summed E-state index contributed by atoms with van der Waals surface area (Å²) >= 11 is 1.28. The number of fused-ring (bicyclic) bond motifs is 1. The predicted octanol–water partition coefficient (Wildman–Crippen LogP) is 4.54. The molecule has 2 aromatic heterocycles. The summed E-state index contributed by atoms with van der Waals surface area (Å²) in [6.45, 7) is 0. The summed E-state index contributed by atoms with van der Waals surface area (Å²) in [5, 5.41) is 3.40. The Balaban J connectivity index is 1.31. The second kappa shape index (κ2) is 8.05. The molecule has 4 rings (SSSR count). The average molecular weight is 375 g/mol. The fourth-order valence-corrected chi connectivity index (χ4v) is 3.32. The standard InChI is InChI=1S/C21H17N3O2S/c25-20(14-27-21-24-18-3-1-2-4-19(18)26-21)23-17-7-5-15(6-8-17)13-16-9-11-22-12-10-16/h1-12H,13-14H2,(H,23,25). The van der Waals surface area contributed by atoms with Crippen LogP contribution in [-0.4, -0.2) is 21.6 Å². The molecule has 0 aliphatic rings. The first kappa shape index (κ1) is 17.3. The molecule has 0 spiro atoms. The number of benzene rings is 2. The van der Waals surface area contributed by atoms with Crippen LogP contribution in [-0.2, 0) is 11.2 Å². The molecule has 0 aliphatic carbocycles. The summed E-state index contributed by atoms with van der Waals surface area (Å²) in [7, 11) is 0. The van der Waals surface area contributed by atoms with Crippen LogP contribution in [0.1, 0.15) is 11.1 Å². The number of amides is 1. The van der Waals surface area contributed by atoms with E-state index in [-0.39, 0.29) is 11.7 Å². The van der Waals surface area contributed by atoms with Crippen molar-refractivity contribution >= 4 is 34.5 Å². The highest BCUT2D eigenvalue weighted by molar-refractivity contribution is 7.99. The number of oxazole rings is 1. The van der Waals surface area contributed by atoms with Crippen LogP contribution >= 0.6 is 11.8 Å². The first-order valence-corrected chi connectivity index (χ1v) is 9.51. The van der Waals surface area contributed by atoms with Crippen molar-refractivity contribution in [3.63, 3.8) is 0 Å². The number of thioether (sulfide) groups is 1. The number of carbonyl (C=O) groups is 1. The van der Waals surface area contributed by atoms with E-state index >= 15 is 0 Å². The molecule has 0 fully saturated rings. The number of pyridine rings is 1. The number of hydrogen-bond acceptors (Lipinski definition) is 5. The minimum Gasteiger partial charge on any atom is -0.431 e. The Morgan fingerprint density at radius 1 is 0.963 bits per heavy atom. The van der Waals surface area contributed by atoms with Crippen LogP contribution in [0.25, 0.3) is 11.1 Å². The van der Waals surface area contributed by atoms with E-state index in [1.165, 1.54) is 22.9 Å². The van der Waals surface area contributed by atoms with E-state index in [2.05, 4.69) is 15.3 Å². The van der Waals surface area contributed by atoms with Gasteiger partial charge in [-0.05, 0) is 53.9 Å². The number of nitrogens with one attached hydrogen (secondary N) is 1. The third-order valence-corrected chi connectivity index (χ3v) is 4.82. The second-order valence-electron chi connectivity index (χ2n) is 6.01. The van der Waals surface area contributed by atoms with E-state index in [0.29, 0.717) is 5.22 Å². The van der Waals surface area contributed by atoms with E-state index in [4.69, 9.17) is 4.42 Å². The summed E-state index contributed by atoms with van der Waals surface area (Å²) in [6.07, 6.45) is 4.42. The van der Waals surface area contributed by atoms with Crippen LogP contribution in [0.4, 0.5) is 5.69 Å². The van der Waals surface area contributed by atoms with Crippen LogP contribution in [0, 0.1) is 0 Å². The van der Waals surface area contributed by atoms with Crippen molar-refractivity contribution in [2.75, 3.05) is 11.1 Å². The largest absolute Gasteiger partial charge is 0.431 e. The molecule has 0 atom stereocenters. The number of aromatic nitrogens is 2. The van der Waals surface area contributed by atoms with Crippen molar-refractivity contribution < 1.29 is 9.21 Å². The van der Waals surface area contributed by atoms with Crippen LogP contribution < -0.4 is 5.32 Å². The highest BCUT2D eigenvalue weighted by atomic mass is 32.2. The van der Waals surface area contributed by atoms with E-state index in [1.807, 2.05) is 60.7 Å². The van der Waals surface area contributed by atoms with Gasteiger partial charge in [0.2, 0.25) is 5.91 Å². The zero-order chi connectivity index (χ0) is 18.5. The van der Waals surface area contributed by atoms with Gasteiger partial charge in [0.25, 0.3) is 5.22 Å². The third kappa shape index (κ3) is 4.54. The Hall–Kier alpha value is -3.12. The van der Waals surface area contributed by atoms with E-state index < -0.39 is 0 Å². The molecule has 6 heteroatoms. The maximum Gasteiger partial charge on any atom is 0.257 e. The molecule has 2 heterocycles. The molecule has 5 nitrogen and oxygen atoms in total. The van der Waals surface area contributed by atoms with Crippen LogP contribution in [0.5, 0.6) is 0 Å². The Kier molecular flexibility index (Phi) is 5.16.